The highest BCUT2D eigenvalue weighted by Gasteiger charge is 2.46. The van der Waals surface area contributed by atoms with E-state index in [2.05, 4.69) is 9.80 Å². The number of thiophene rings is 1. The Labute approximate surface area is 183 Å². The molecular formula is C22H22N4O4S. The van der Waals surface area contributed by atoms with Crippen molar-refractivity contribution in [3.63, 3.8) is 0 Å². The number of phenols is 1. The van der Waals surface area contributed by atoms with Gasteiger partial charge in [-0.3, -0.25) is 9.69 Å². The fourth-order valence-corrected chi connectivity index (χ4v) is 5.55. The minimum atomic E-state index is -0.179. The van der Waals surface area contributed by atoms with Crippen molar-refractivity contribution in [2.24, 2.45) is 0 Å². The predicted octanol–water partition coefficient (Wildman–Crippen LogP) is 2.40. The SMILES string of the molecule is O=C1O[C@@H]2C[C@@H]1N(Cc1cc(O)cc(-c3nc(N4CCOCC4)c4sccc4n3)c1)C2. The first-order valence-electron chi connectivity index (χ1n) is 10.5. The average molecular weight is 439 g/mol. The fourth-order valence-electron chi connectivity index (χ4n) is 4.71. The second kappa shape index (κ2) is 7.44. The number of carbonyl (C=O) groups excluding carboxylic acids is 1. The number of aromatic nitrogens is 2. The van der Waals surface area contributed by atoms with Gasteiger partial charge in [0.1, 0.15) is 17.9 Å². The Hall–Kier alpha value is -2.75. The van der Waals surface area contributed by atoms with Crippen LogP contribution in [0.3, 0.4) is 0 Å². The third-order valence-electron chi connectivity index (χ3n) is 6.14. The molecule has 0 amide bonds. The third kappa shape index (κ3) is 3.42. The molecule has 0 spiro atoms. The van der Waals surface area contributed by atoms with E-state index in [0.29, 0.717) is 25.6 Å². The van der Waals surface area contributed by atoms with Crippen LogP contribution in [0.4, 0.5) is 5.82 Å². The molecule has 160 valence electrons. The Kier molecular flexibility index (Phi) is 4.55. The number of ether oxygens (including phenoxy) is 2. The molecule has 6 rings (SSSR count). The molecule has 3 aliphatic rings. The van der Waals surface area contributed by atoms with Gasteiger partial charge in [0, 0.05) is 38.2 Å². The lowest BCUT2D eigenvalue weighted by molar-refractivity contribution is -0.151. The zero-order valence-electron chi connectivity index (χ0n) is 16.9. The zero-order chi connectivity index (χ0) is 20.9. The molecule has 31 heavy (non-hydrogen) atoms. The number of hydrogen-bond donors (Lipinski definition) is 1. The average Bonchev–Trinajstić information content (AvgIpc) is 3.48. The molecule has 2 bridgehead atoms. The number of hydrogen-bond acceptors (Lipinski definition) is 9. The van der Waals surface area contributed by atoms with Gasteiger partial charge < -0.3 is 19.5 Å². The molecule has 2 aromatic heterocycles. The van der Waals surface area contributed by atoms with E-state index < -0.39 is 0 Å². The maximum atomic E-state index is 11.9. The van der Waals surface area contributed by atoms with Crippen LogP contribution in [0.25, 0.3) is 21.6 Å². The number of likely N-dealkylation sites (tertiary alicyclic amines) is 1. The topological polar surface area (TPSA) is 88.0 Å². The smallest absolute Gasteiger partial charge is 0.323 e. The number of benzene rings is 1. The van der Waals surface area contributed by atoms with Gasteiger partial charge in [-0.25, -0.2) is 9.97 Å². The lowest BCUT2D eigenvalue weighted by Gasteiger charge is -2.28. The van der Waals surface area contributed by atoms with Crippen LogP contribution in [-0.4, -0.2) is 70.9 Å². The maximum absolute atomic E-state index is 11.9. The van der Waals surface area contributed by atoms with Gasteiger partial charge >= 0.3 is 5.97 Å². The van der Waals surface area contributed by atoms with E-state index >= 15 is 0 Å². The first-order chi connectivity index (χ1) is 15.1. The Balaban J connectivity index is 1.35. The van der Waals surface area contributed by atoms with E-state index in [9.17, 15) is 9.90 Å². The number of aromatic hydroxyl groups is 1. The molecular weight excluding hydrogens is 416 g/mol. The van der Waals surface area contributed by atoms with Crippen molar-refractivity contribution in [2.45, 2.75) is 25.1 Å². The Morgan fingerprint density at radius 2 is 2.06 bits per heavy atom. The molecule has 1 aromatic carbocycles. The molecule has 3 saturated heterocycles. The van der Waals surface area contributed by atoms with Crippen molar-refractivity contribution in [2.75, 3.05) is 37.7 Å². The molecule has 3 fully saturated rings. The van der Waals surface area contributed by atoms with Crippen LogP contribution in [0.2, 0.25) is 0 Å². The van der Waals surface area contributed by atoms with Gasteiger partial charge in [-0.15, -0.1) is 11.3 Å². The summed E-state index contributed by atoms with van der Waals surface area (Å²) in [5, 5.41) is 12.4. The molecule has 2 atom stereocenters. The highest BCUT2D eigenvalue weighted by molar-refractivity contribution is 7.17. The Morgan fingerprint density at radius 1 is 1.19 bits per heavy atom. The maximum Gasteiger partial charge on any atom is 0.323 e. The monoisotopic (exact) mass is 438 g/mol. The molecule has 9 heteroatoms. The van der Waals surface area contributed by atoms with Crippen molar-refractivity contribution in [3.05, 3.63) is 35.2 Å². The molecule has 0 aliphatic carbocycles. The van der Waals surface area contributed by atoms with Crippen molar-refractivity contribution in [3.8, 4) is 17.1 Å². The van der Waals surface area contributed by atoms with Crippen LogP contribution in [0.5, 0.6) is 5.75 Å². The lowest BCUT2D eigenvalue weighted by atomic mass is 10.1. The predicted molar refractivity (Wildman–Crippen MR) is 116 cm³/mol. The van der Waals surface area contributed by atoms with Crippen LogP contribution in [0.1, 0.15) is 12.0 Å². The van der Waals surface area contributed by atoms with Gasteiger partial charge in [0.15, 0.2) is 11.6 Å². The molecule has 0 unspecified atom stereocenters. The van der Waals surface area contributed by atoms with Crippen molar-refractivity contribution >= 4 is 33.3 Å². The molecule has 1 N–H and O–H groups in total. The van der Waals surface area contributed by atoms with Gasteiger partial charge in [0.25, 0.3) is 0 Å². The standard InChI is InChI=1S/C22H22N4O4S/c27-15-8-13(11-26-12-16-10-18(26)22(28)30-16)7-14(9-15)20-23-17-1-6-31-19(17)21(24-20)25-2-4-29-5-3-25/h1,6-9,16,18,27H,2-5,10-12H2/t16-,18+/m1/s1. The first-order valence-corrected chi connectivity index (χ1v) is 11.4. The summed E-state index contributed by atoms with van der Waals surface area (Å²) in [7, 11) is 0. The van der Waals surface area contributed by atoms with E-state index in [-0.39, 0.29) is 23.9 Å². The zero-order valence-corrected chi connectivity index (χ0v) is 17.7. The summed E-state index contributed by atoms with van der Waals surface area (Å²) in [5.74, 6) is 1.54. The van der Waals surface area contributed by atoms with Crippen LogP contribution >= 0.6 is 11.3 Å². The van der Waals surface area contributed by atoms with Gasteiger partial charge in [0.2, 0.25) is 0 Å². The number of phenolic OH excluding ortho intramolecular Hbond substituents is 1. The highest BCUT2D eigenvalue weighted by Crippen LogP contribution is 2.34. The van der Waals surface area contributed by atoms with Crippen molar-refractivity contribution in [1.29, 1.82) is 0 Å². The fraction of sp³-hybridized carbons (Fsp3) is 0.409. The second-order valence-corrected chi connectivity index (χ2v) is 9.15. The number of anilines is 1. The lowest BCUT2D eigenvalue weighted by Crippen LogP contribution is -2.39. The van der Waals surface area contributed by atoms with Gasteiger partial charge in [-0.1, -0.05) is 0 Å². The molecule has 3 aromatic rings. The number of carbonyl (C=O) groups is 1. The van der Waals surface area contributed by atoms with Crippen molar-refractivity contribution in [1.82, 2.24) is 14.9 Å². The van der Waals surface area contributed by atoms with Crippen LogP contribution in [-0.2, 0) is 20.8 Å². The molecule has 8 nitrogen and oxygen atoms in total. The normalized spacial score (nSPS) is 23.6. The summed E-state index contributed by atoms with van der Waals surface area (Å²) < 4.78 is 11.9. The largest absolute Gasteiger partial charge is 0.508 e. The minimum Gasteiger partial charge on any atom is -0.508 e. The van der Waals surface area contributed by atoms with Gasteiger partial charge in [-0.2, -0.15) is 0 Å². The molecule has 3 aliphatic heterocycles. The third-order valence-corrected chi connectivity index (χ3v) is 7.04. The summed E-state index contributed by atoms with van der Waals surface area (Å²) in [6, 6.07) is 7.28. The van der Waals surface area contributed by atoms with E-state index in [1.807, 2.05) is 17.5 Å². The molecule has 0 saturated carbocycles. The number of fused-ring (bicyclic) bond motifs is 3. The Bertz CT molecular complexity index is 1160. The van der Waals surface area contributed by atoms with Gasteiger partial charge in [-0.05, 0) is 35.2 Å². The highest BCUT2D eigenvalue weighted by atomic mass is 32.1. The van der Waals surface area contributed by atoms with Gasteiger partial charge in [0.05, 0.1) is 23.4 Å². The van der Waals surface area contributed by atoms with E-state index in [0.717, 1.165) is 53.2 Å². The first kappa shape index (κ1) is 19.0. The molecule has 5 heterocycles. The summed E-state index contributed by atoms with van der Waals surface area (Å²) in [6.07, 6.45) is 0.750. The van der Waals surface area contributed by atoms with Crippen LogP contribution < -0.4 is 4.90 Å². The summed E-state index contributed by atoms with van der Waals surface area (Å²) >= 11 is 1.64. The quantitative estimate of drug-likeness (QED) is 0.622. The summed E-state index contributed by atoms with van der Waals surface area (Å²) in [4.78, 5) is 26.0. The van der Waals surface area contributed by atoms with E-state index in [1.54, 1.807) is 23.5 Å². The number of rotatable bonds is 4. The van der Waals surface area contributed by atoms with Crippen molar-refractivity contribution < 1.29 is 19.4 Å². The second-order valence-electron chi connectivity index (χ2n) is 8.23. The number of esters is 1. The molecule has 0 radical (unpaired) electrons. The van der Waals surface area contributed by atoms with Crippen LogP contribution in [0.15, 0.2) is 29.6 Å². The van der Waals surface area contributed by atoms with E-state index in [1.165, 1.54) is 0 Å². The number of morpholine rings is 2. The summed E-state index contributed by atoms with van der Waals surface area (Å²) in [6.45, 7) is 4.27. The van der Waals surface area contributed by atoms with Crippen LogP contribution in [0, 0.1) is 0 Å². The van der Waals surface area contributed by atoms with E-state index in [4.69, 9.17) is 19.4 Å². The minimum absolute atomic E-state index is 0.00492. The number of nitrogens with zero attached hydrogens (tertiary/aromatic N) is 4. The summed E-state index contributed by atoms with van der Waals surface area (Å²) in [5.41, 5.74) is 2.60. The Morgan fingerprint density at radius 3 is 2.87 bits per heavy atom.